The highest BCUT2D eigenvalue weighted by atomic mass is 127. The minimum Gasteiger partial charge on any atom is -0.468 e. The SMILES string of the molecule is CCNC(=NCC(c1ccco1)N1CCCCC1)N(C)CCOCC1CC1.I. The Morgan fingerprint density at radius 1 is 1.36 bits per heavy atom. The number of piperidine rings is 1. The predicted molar refractivity (Wildman–Crippen MR) is 124 cm³/mol. The van der Waals surface area contributed by atoms with Gasteiger partial charge in [0.05, 0.1) is 25.5 Å². The molecule has 1 aromatic heterocycles. The monoisotopic (exact) mass is 504 g/mol. The molecule has 1 unspecified atom stereocenters. The van der Waals surface area contributed by atoms with Crippen molar-refractivity contribution in [3.8, 4) is 0 Å². The van der Waals surface area contributed by atoms with Crippen molar-refractivity contribution in [3.63, 3.8) is 0 Å². The van der Waals surface area contributed by atoms with Gasteiger partial charge in [-0.05, 0) is 63.7 Å². The molecule has 0 aromatic carbocycles. The van der Waals surface area contributed by atoms with Crippen LogP contribution in [0.3, 0.4) is 0 Å². The number of rotatable bonds is 10. The number of likely N-dealkylation sites (tertiary alicyclic amines) is 1. The molecule has 0 radical (unpaired) electrons. The third-order valence-corrected chi connectivity index (χ3v) is 5.43. The van der Waals surface area contributed by atoms with Gasteiger partial charge in [-0.25, -0.2) is 0 Å². The number of aliphatic imine (C=N–C) groups is 1. The molecule has 1 saturated heterocycles. The van der Waals surface area contributed by atoms with Gasteiger partial charge in [0, 0.05) is 26.7 Å². The first-order chi connectivity index (χ1) is 13.3. The zero-order chi connectivity index (χ0) is 18.9. The Labute approximate surface area is 187 Å². The van der Waals surface area contributed by atoms with E-state index in [1.165, 1.54) is 32.1 Å². The van der Waals surface area contributed by atoms with Crippen LogP contribution in [0.25, 0.3) is 0 Å². The average Bonchev–Trinajstić information content (AvgIpc) is 3.37. The first kappa shape index (κ1) is 23.5. The summed E-state index contributed by atoms with van der Waals surface area (Å²) in [5, 5.41) is 3.42. The van der Waals surface area contributed by atoms with Crippen molar-refractivity contribution < 1.29 is 9.15 Å². The number of likely N-dealkylation sites (N-methyl/N-ethyl adjacent to an activating group) is 1. The van der Waals surface area contributed by atoms with Crippen molar-refractivity contribution in [1.29, 1.82) is 0 Å². The molecule has 3 rings (SSSR count). The largest absolute Gasteiger partial charge is 0.468 e. The van der Waals surface area contributed by atoms with E-state index < -0.39 is 0 Å². The van der Waals surface area contributed by atoms with E-state index in [4.69, 9.17) is 14.1 Å². The van der Waals surface area contributed by atoms with Crippen molar-refractivity contribution in [2.75, 3.05) is 53.0 Å². The molecule has 6 nitrogen and oxygen atoms in total. The smallest absolute Gasteiger partial charge is 0.193 e. The fourth-order valence-corrected chi connectivity index (χ4v) is 3.58. The van der Waals surface area contributed by atoms with Crippen LogP contribution in [0.15, 0.2) is 27.8 Å². The Kier molecular flexibility index (Phi) is 10.6. The summed E-state index contributed by atoms with van der Waals surface area (Å²) in [5.74, 6) is 2.78. The van der Waals surface area contributed by atoms with Gasteiger partial charge >= 0.3 is 0 Å². The van der Waals surface area contributed by atoms with Crippen molar-refractivity contribution in [2.24, 2.45) is 10.9 Å². The number of ether oxygens (including phenoxy) is 1. The highest BCUT2D eigenvalue weighted by Crippen LogP contribution is 2.28. The molecule has 1 N–H and O–H groups in total. The molecule has 0 amide bonds. The quantitative estimate of drug-likeness (QED) is 0.228. The lowest BCUT2D eigenvalue weighted by atomic mass is 10.1. The van der Waals surface area contributed by atoms with E-state index in [9.17, 15) is 0 Å². The second kappa shape index (κ2) is 12.7. The summed E-state index contributed by atoms with van der Waals surface area (Å²) in [5.41, 5.74) is 0. The highest BCUT2D eigenvalue weighted by Gasteiger charge is 2.25. The third-order valence-electron chi connectivity index (χ3n) is 5.43. The molecule has 0 bridgehead atoms. The Hall–Kier alpha value is -0.800. The van der Waals surface area contributed by atoms with Crippen molar-refractivity contribution >= 4 is 29.9 Å². The molecule has 2 heterocycles. The summed E-state index contributed by atoms with van der Waals surface area (Å²) in [4.78, 5) is 9.64. The normalized spacial score (nSPS) is 19.1. The second-order valence-corrected chi connectivity index (χ2v) is 7.76. The van der Waals surface area contributed by atoms with E-state index in [0.29, 0.717) is 6.54 Å². The van der Waals surface area contributed by atoms with Crippen LogP contribution >= 0.6 is 24.0 Å². The number of hydrogen-bond acceptors (Lipinski definition) is 4. The molecule has 0 spiro atoms. The van der Waals surface area contributed by atoms with Crippen LogP contribution in [0, 0.1) is 5.92 Å². The van der Waals surface area contributed by atoms with Crippen LogP contribution in [0.1, 0.15) is 50.8 Å². The van der Waals surface area contributed by atoms with Crippen LogP contribution in [0.4, 0.5) is 0 Å². The summed E-state index contributed by atoms with van der Waals surface area (Å²) in [6.45, 7) is 8.46. The van der Waals surface area contributed by atoms with Gasteiger partial charge in [-0.3, -0.25) is 9.89 Å². The van der Waals surface area contributed by atoms with E-state index in [2.05, 4.69) is 35.2 Å². The maximum Gasteiger partial charge on any atom is 0.193 e. The second-order valence-electron chi connectivity index (χ2n) is 7.76. The molecular formula is C21H37IN4O2. The van der Waals surface area contributed by atoms with Crippen LogP contribution in [0.2, 0.25) is 0 Å². The molecule has 28 heavy (non-hydrogen) atoms. The molecule has 1 aromatic rings. The lowest BCUT2D eigenvalue weighted by Crippen LogP contribution is -2.41. The Morgan fingerprint density at radius 3 is 2.79 bits per heavy atom. The third kappa shape index (κ3) is 7.55. The standard InChI is InChI=1S/C21H36N4O2.HI/c1-3-22-21(24(2)13-15-26-17-18-9-10-18)23-16-19(20-8-7-14-27-20)25-11-5-4-6-12-25;/h7-8,14,18-19H,3-6,9-13,15-17H2,1-2H3,(H,22,23);1H. The predicted octanol–water partition coefficient (Wildman–Crippen LogP) is 3.75. The van der Waals surface area contributed by atoms with E-state index in [1.807, 2.05) is 6.07 Å². The lowest BCUT2D eigenvalue weighted by Gasteiger charge is -2.33. The van der Waals surface area contributed by atoms with Gasteiger partial charge < -0.3 is 19.4 Å². The van der Waals surface area contributed by atoms with Crippen molar-refractivity contribution in [2.45, 2.75) is 45.1 Å². The molecule has 2 aliphatic rings. The molecular weight excluding hydrogens is 467 g/mol. The highest BCUT2D eigenvalue weighted by molar-refractivity contribution is 14.0. The molecule has 160 valence electrons. The number of halogens is 1. The fraction of sp³-hybridized carbons (Fsp3) is 0.762. The summed E-state index contributed by atoms with van der Waals surface area (Å²) < 4.78 is 11.5. The Bertz CT molecular complexity index is 557. The zero-order valence-corrected chi connectivity index (χ0v) is 19.8. The van der Waals surface area contributed by atoms with Crippen LogP contribution in [0.5, 0.6) is 0 Å². The van der Waals surface area contributed by atoms with Gasteiger partial charge in [0.15, 0.2) is 5.96 Å². The minimum atomic E-state index is 0. The number of nitrogens with zero attached hydrogens (tertiary/aromatic N) is 3. The Morgan fingerprint density at radius 2 is 2.14 bits per heavy atom. The first-order valence-electron chi connectivity index (χ1n) is 10.6. The lowest BCUT2D eigenvalue weighted by molar-refractivity contribution is 0.115. The van der Waals surface area contributed by atoms with Gasteiger partial charge in [-0.15, -0.1) is 24.0 Å². The van der Waals surface area contributed by atoms with Gasteiger partial charge in [0.25, 0.3) is 0 Å². The summed E-state index contributed by atoms with van der Waals surface area (Å²) in [6, 6.07) is 4.27. The summed E-state index contributed by atoms with van der Waals surface area (Å²) in [7, 11) is 2.09. The van der Waals surface area contributed by atoms with E-state index in [-0.39, 0.29) is 30.0 Å². The van der Waals surface area contributed by atoms with Crippen LogP contribution < -0.4 is 5.32 Å². The maximum atomic E-state index is 5.79. The molecule has 1 saturated carbocycles. The van der Waals surface area contributed by atoms with Gasteiger partial charge in [0.1, 0.15) is 5.76 Å². The van der Waals surface area contributed by atoms with Gasteiger partial charge in [0.2, 0.25) is 0 Å². The number of hydrogen-bond donors (Lipinski definition) is 1. The maximum absolute atomic E-state index is 5.79. The number of furan rings is 1. The van der Waals surface area contributed by atoms with Gasteiger partial charge in [-0.2, -0.15) is 0 Å². The van der Waals surface area contributed by atoms with Crippen molar-refractivity contribution in [3.05, 3.63) is 24.2 Å². The van der Waals surface area contributed by atoms with E-state index in [0.717, 1.165) is 57.0 Å². The average molecular weight is 504 g/mol. The molecule has 1 aliphatic heterocycles. The van der Waals surface area contributed by atoms with E-state index in [1.54, 1.807) is 6.26 Å². The first-order valence-corrected chi connectivity index (χ1v) is 10.6. The molecule has 1 atom stereocenters. The van der Waals surface area contributed by atoms with Crippen molar-refractivity contribution in [1.82, 2.24) is 15.1 Å². The van der Waals surface area contributed by atoms with Crippen LogP contribution in [-0.2, 0) is 4.74 Å². The topological polar surface area (TPSA) is 53.2 Å². The zero-order valence-electron chi connectivity index (χ0n) is 17.4. The summed E-state index contributed by atoms with van der Waals surface area (Å²) >= 11 is 0. The summed E-state index contributed by atoms with van der Waals surface area (Å²) in [6.07, 6.45) is 8.30. The fourth-order valence-electron chi connectivity index (χ4n) is 3.58. The Balaban J connectivity index is 0.00000280. The molecule has 1 aliphatic carbocycles. The minimum absolute atomic E-state index is 0. The molecule has 2 fully saturated rings. The number of guanidine groups is 1. The molecule has 7 heteroatoms. The van der Waals surface area contributed by atoms with Crippen LogP contribution in [-0.4, -0.2) is 68.7 Å². The van der Waals surface area contributed by atoms with Gasteiger partial charge in [-0.1, -0.05) is 6.42 Å². The van der Waals surface area contributed by atoms with E-state index >= 15 is 0 Å². The number of nitrogens with one attached hydrogen (secondary N) is 1.